The van der Waals surface area contributed by atoms with Gasteiger partial charge in [0.15, 0.2) is 5.96 Å². The van der Waals surface area contributed by atoms with E-state index in [4.69, 9.17) is 5.73 Å². The molecular weight excluding hydrogens is 280 g/mol. The first kappa shape index (κ1) is 15.5. The van der Waals surface area contributed by atoms with Crippen molar-refractivity contribution in [2.75, 3.05) is 6.54 Å². The third-order valence-corrected chi connectivity index (χ3v) is 3.87. The van der Waals surface area contributed by atoms with E-state index >= 15 is 0 Å². The predicted molar refractivity (Wildman–Crippen MR) is 90.3 cm³/mol. The SMILES string of the molecule is CC(C)CCNC(N)=NCc1nc(-c2ccccc2)cs1. The Hall–Kier alpha value is -1.88. The maximum atomic E-state index is 5.84. The molecule has 0 saturated heterocycles. The van der Waals surface area contributed by atoms with Gasteiger partial charge in [-0.1, -0.05) is 44.2 Å². The summed E-state index contributed by atoms with van der Waals surface area (Å²) in [5, 5.41) is 6.16. The highest BCUT2D eigenvalue weighted by Crippen LogP contribution is 2.21. The third kappa shape index (κ3) is 5.19. The zero-order valence-electron chi connectivity index (χ0n) is 12.5. The van der Waals surface area contributed by atoms with Crippen molar-refractivity contribution in [1.29, 1.82) is 0 Å². The van der Waals surface area contributed by atoms with E-state index in [-0.39, 0.29) is 0 Å². The number of hydrogen-bond donors (Lipinski definition) is 2. The molecule has 1 aromatic carbocycles. The first-order valence-electron chi connectivity index (χ1n) is 7.18. The Morgan fingerprint density at radius 3 is 2.81 bits per heavy atom. The average Bonchev–Trinajstić information content (AvgIpc) is 2.94. The molecule has 0 atom stereocenters. The van der Waals surface area contributed by atoms with E-state index in [1.165, 1.54) is 0 Å². The lowest BCUT2D eigenvalue weighted by Gasteiger charge is -2.06. The van der Waals surface area contributed by atoms with Gasteiger partial charge in [-0.05, 0) is 12.3 Å². The molecule has 2 rings (SSSR count). The van der Waals surface area contributed by atoms with Crippen LogP contribution in [0.2, 0.25) is 0 Å². The molecule has 3 N–H and O–H groups in total. The summed E-state index contributed by atoms with van der Waals surface area (Å²) in [6.07, 6.45) is 1.09. The number of aliphatic imine (C=N–C) groups is 1. The van der Waals surface area contributed by atoms with E-state index in [0.29, 0.717) is 18.4 Å². The Bertz CT molecular complexity index is 575. The second kappa shape index (κ2) is 7.78. The summed E-state index contributed by atoms with van der Waals surface area (Å²) in [4.78, 5) is 8.92. The number of nitrogens with one attached hydrogen (secondary N) is 1. The Balaban J connectivity index is 1.88. The number of guanidine groups is 1. The summed E-state index contributed by atoms with van der Waals surface area (Å²) in [6.45, 7) is 5.77. The number of hydrogen-bond acceptors (Lipinski definition) is 3. The molecule has 0 fully saturated rings. The summed E-state index contributed by atoms with van der Waals surface area (Å²) in [5.41, 5.74) is 7.97. The Morgan fingerprint density at radius 2 is 2.10 bits per heavy atom. The molecule has 1 heterocycles. The van der Waals surface area contributed by atoms with Crippen molar-refractivity contribution in [3.05, 3.63) is 40.7 Å². The highest BCUT2D eigenvalue weighted by molar-refractivity contribution is 7.09. The molecule has 112 valence electrons. The number of nitrogens with two attached hydrogens (primary N) is 1. The summed E-state index contributed by atoms with van der Waals surface area (Å²) < 4.78 is 0. The lowest BCUT2D eigenvalue weighted by Crippen LogP contribution is -2.32. The Morgan fingerprint density at radius 1 is 1.33 bits per heavy atom. The summed E-state index contributed by atoms with van der Waals surface area (Å²) >= 11 is 1.61. The van der Waals surface area contributed by atoms with Gasteiger partial charge in [-0.25, -0.2) is 9.98 Å². The van der Waals surface area contributed by atoms with Crippen LogP contribution in [-0.2, 0) is 6.54 Å². The van der Waals surface area contributed by atoms with Gasteiger partial charge in [0.1, 0.15) is 5.01 Å². The second-order valence-corrected chi connectivity index (χ2v) is 6.25. The van der Waals surface area contributed by atoms with E-state index in [0.717, 1.165) is 29.2 Å². The molecule has 0 unspecified atom stereocenters. The molecule has 0 aliphatic rings. The van der Waals surface area contributed by atoms with Crippen LogP contribution in [0, 0.1) is 5.92 Å². The van der Waals surface area contributed by atoms with Gasteiger partial charge >= 0.3 is 0 Å². The van der Waals surface area contributed by atoms with Gasteiger partial charge in [0.2, 0.25) is 0 Å². The molecule has 1 aromatic heterocycles. The fourth-order valence-electron chi connectivity index (χ4n) is 1.82. The van der Waals surface area contributed by atoms with E-state index in [1.807, 2.05) is 18.2 Å². The van der Waals surface area contributed by atoms with E-state index in [9.17, 15) is 0 Å². The van der Waals surface area contributed by atoms with Gasteiger partial charge in [-0.15, -0.1) is 11.3 Å². The molecule has 0 amide bonds. The van der Waals surface area contributed by atoms with Crippen LogP contribution >= 0.6 is 11.3 Å². The number of thiazole rings is 1. The van der Waals surface area contributed by atoms with Crippen molar-refractivity contribution in [3.63, 3.8) is 0 Å². The molecule has 0 aliphatic heterocycles. The van der Waals surface area contributed by atoms with Crippen LogP contribution in [0.5, 0.6) is 0 Å². The van der Waals surface area contributed by atoms with Crippen LogP contribution in [-0.4, -0.2) is 17.5 Å². The minimum atomic E-state index is 0.493. The minimum Gasteiger partial charge on any atom is -0.370 e. The second-order valence-electron chi connectivity index (χ2n) is 5.30. The van der Waals surface area contributed by atoms with Gasteiger partial charge < -0.3 is 11.1 Å². The van der Waals surface area contributed by atoms with E-state index in [1.54, 1.807) is 11.3 Å². The van der Waals surface area contributed by atoms with Gasteiger partial charge in [0, 0.05) is 17.5 Å². The normalized spacial score (nSPS) is 11.9. The highest BCUT2D eigenvalue weighted by Gasteiger charge is 2.03. The highest BCUT2D eigenvalue weighted by atomic mass is 32.1. The lowest BCUT2D eigenvalue weighted by atomic mass is 10.1. The number of benzene rings is 1. The minimum absolute atomic E-state index is 0.493. The third-order valence-electron chi connectivity index (χ3n) is 3.03. The maximum absolute atomic E-state index is 5.84. The van der Waals surface area contributed by atoms with Crippen LogP contribution in [0.4, 0.5) is 0 Å². The van der Waals surface area contributed by atoms with Crippen LogP contribution in [0.15, 0.2) is 40.7 Å². The molecule has 2 aromatic rings. The number of rotatable bonds is 6. The number of nitrogens with zero attached hydrogens (tertiary/aromatic N) is 2. The summed E-state index contributed by atoms with van der Waals surface area (Å²) in [5.74, 6) is 1.16. The first-order chi connectivity index (χ1) is 10.1. The lowest BCUT2D eigenvalue weighted by molar-refractivity contribution is 0.576. The van der Waals surface area contributed by atoms with Crippen molar-refractivity contribution in [1.82, 2.24) is 10.3 Å². The molecule has 5 heteroatoms. The zero-order valence-corrected chi connectivity index (χ0v) is 13.4. The smallest absolute Gasteiger partial charge is 0.189 e. The molecule has 4 nitrogen and oxygen atoms in total. The van der Waals surface area contributed by atoms with Crippen molar-refractivity contribution in [2.45, 2.75) is 26.8 Å². The maximum Gasteiger partial charge on any atom is 0.189 e. The fourth-order valence-corrected chi connectivity index (χ4v) is 2.55. The number of aromatic nitrogens is 1. The standard InChI is InChI=1S/C16H22N4S/c1-12(2)8-9-18-16(17)19-10-15-20-14(11-21-15)13-6-4-3-5-7-13/h3-7,11-12H,8-10H2,1-2H3,(H3,17,18,19). The molecule has 21 heavy (non-hydrogen) atoms. The fraction of sp³-hybridized carbons (Fsp3) is 0.375. The zero-order chi connectivity index (χ0) is 15.1. The van der Waals surface area contributed by atoms with Crippen molar-refractivity contribution in [2.24, 2.45) is 16.6 Å². The summed E-state index contributed by atoms with van der Waals surface area (Å²) in [7, 11) is 0. The van der Waals surface area contributed by atoms with Crippen molar-refractivity contribution in [3.8, 4) is 11.3 Å². The topological polar surface area (TPSA) is 63.3 Å². The molecule has 0 bridgehead atoms. The van der Waals surface area contributed by atoms with Gasteiger partial charge in [0.25, 0.3) is 0 Å². The quantitative estimate of drug-likeness (QED) is 0.636. The summed E-state index contributed by atoms with van der Waals surface area (Å²) in [6, 6.07) is 10.2. The van der Waals surface area contributed by atoms with Crippen LogP contribution in [0.1, 0.15) is 25.3 Å². The Labute approximate surface area is 130 Å². The molecular formula is C16H22N4S. The average molecular weight is 302 g/mol. The van der Waals surface area contributed by atoms with Gasteiger partial charge in [-0.3, -0.25) is 0 Å². The van der Waals surface area contributed by atoms with Crippen LogP contribution in [0.3, 0.4) is 0 Å². The molecule has 0 aliphatic carbocycles. The van der Waals surface area contributed by atoms with Crippen molar-refractivity contribution < 1.29 is 0 Å². The van der Waals surface area contributed by atoms with Crippen LogP contribution in [0.25, 0.3) is 11.3 Å². The van der Waals surface area contributed by atoms with E-state index < -0.39 is 0 Å². The Kier molecular flexibility index (Phi) is 5.75. The molecule has 0 spiro atoms. The molecule has 0 radical (unpaired) electrons. The first-order valence-corrected chi connectivity index (χ1v) is 8.06. The van der Waals surface area contributed by atoms with Gasteiger partial charge in [0.05, 0.1) is 12.2 Å². The predicted octanol–water partition coefficient (Wildman–Crippen LogP) is 3.26. The van der Waals surface area contributed by atoms with Crippen molar-refractivity contribution >= 4 is 17.3 Å². The van der Waals surface area contributed by atoms with Gasteiger partial charge in [-0.2, -0.15) is 0 Å². The van der Waals surface area contributed by atoms with E-state index in [2.05, 4.69) is 46.7 Å². The molecule has 0 saturated carbocycles. The largest absolute Gasteiger partial charge is 0.370 e. The monoisotopic (exact) mass is 302 g/mol. The van der Waals surface area contributed by atoms with Crippen LogP contribution < -0.4 is 11.1 Å².